The van der Waals surface area contributed by atoms with Gasteiger partial charge in [0.1, 0.15) is 5.76 Å². The molecule has 31 heavy (non-hydrogen) atoms. The van der Waals surface area contributed by atoms with E-state index >= 15 is 0 Å². The van der Waals surface area contributed by atoms with Crippen molar-refractivity contribution in [3.8, 4) is 34.1 Å². The summed E-state index contributed by atoms with van der Waals surface area (Å²) in [7, 11) is 0. The van der Waals surface area contributed by atoms with Gasteiger partial charge in [0.2, 0.25) is 0 Å². The van der Waals surface area contributed by atoms with E-state index in [1.165, 1.54) is 11.1 Å². The van der Waals surface area contributed by atoms with Crippen LogP contribution >= 0.6 is 0 Å². The largest absolute Gasteiger partial charge is 0.464 e. The third-order valence-corrected chi connectivity index (χ3v) is 5.41. The highest BCUT2D eigenvalue weighted by Crippen LogP contribution is 2.32. The highest BCUT2D eigenvalue weighted by atomic mass is 16.3. The lowest BCUT2D eigenvalue weighted by Gasteiger charge is -2.20. The van der Waals surface area contributed by atoms with Crippen molar-refractivity contribution in [1.29, 1.82) is 0 Å². The number of hydrogen-bond acceptors (Lipinski definition) is 4. The molecule has 0 aliphatic rings. The van der Waals surface area contributed by atoms with Crippen LogP contribution in [0.3, 0.4) is 0 Å². The second-order valence-electron chi connectivity index (χ2n) is 9.96. The van der Waals surface area contributed by atoms with Crippen LogP contribution in [-0.2, 0) is 10.8 Å². The molecule has 158 valence electrons. The molecule has 0 amide bonds. The van der Waals surface area contributed by atoms with Gasteiger partial charge in [0.05, 0.1) is 29.0 Å². The average molecular weight is 412 g/mol. The van der Waals surface area contributed by atoms with Gasteiger partial charge in [-0.3, -0.25) is 9.97 Å². The fourth-order valence-corrected chi connectivity index (χ4v) is 3.45. The zero-order chi connectivity index (χ0) is 22.2. The van der Waals surface area contributed by atoms with Crippen LogP contribution in [0.4, 0.5) is 0 Å². The van der Waals surface area contributed by atoms with Crippen molar-refractivity contribution in [2.24, 2.45) is 0 Å². The fourth-order valence-electron chi connectivity index (χ4n) is 3.45. The molecular weight excluding hydrogens is 382 g/mol. The van der Waals surface area contributed by atoms with Crippen LogP contribution in [0.5, 0.6) is 0 Å². The van der Waals surface area contributed by atoms with E-state index in [-0.39, 0.29) is 10.8 Å². The SMILES string of the molecule is CC(C)(C)c1ccnc(-c2cc(-c3ccco3)cc(-c3cc(C(C)(C)C)ccn3)n2)c1. The van der Waals surface area contributed by atoms with Crippen molar-refractivity contribution in [3.05, 3.63) is 78.3 Å². The van der Waals surface area contributed by atoms with Crippen molar-refractivity contribution in [2.75, 3.05) is 0 Å². The Morgan fingerprint density at radius 1 is 0.645 bits per heavy atom. The maximum atomic E-state index is 5.69. The van der Waals surface area contributed by atoms with Gasteiger partial charge in [0.15, 0.2) is 0 Å². The van der Waals surface area contributed by atoms with Crippen LogP contribution in [0.15, 0.2) is 71.6 Å². The molecule has 0 atom stereocenters. The Bertz CT molecular complexity index is 1120. The molecule has 0 aromatic carbocycles. The lowest BCUT2D eigenvalue weighted by atomic mass is 9.87. The second-order valence-corrected chi connectivity index (χ2v) is 9.96. The molecule has 0 aliphatic heterocycles. The lowest BCUT2D eigenvalue weighted by Crippen LogP contribution is -2.11. The Morgan fingerprint density at radius 3 is 1.58 bits per heavy atom. The molecule has 0 saturated carbocycles. The molecule has 0 unspecified atom stereocenters. The van der Waals surface area contributed by atoms with Crippen molar-refractivity contribution in [2.45, 2.75) is 52.4 Å². The molecule has 4 aromatic heterocycles. The molecule has 0 spiro atoms. The normalized spacial score (nSPS) is 12.2. The predicted octanol–water partition coefficient (Wildman–Crippen LogP) is 7.06. The van der Waals surface area contributed by atoms with Gasteiger partial charge in [-0.2, -0.15) is 0 Å². The van der Waals surface area contributed by atoms with Crippen molar-refractivity contribution in [1.82, 2.24) is 15.0 Å². The maximum absolute atomic E-state index is 5.69. The maximum Gasteiger partial charge on any atom is 0.134 e. The van der Waals surface area contributed by atoms with Crippen LogP contribution in [0, 0.1) is 0 Å². The van der Waals surface area contributed by atoms with Gasteiger partial charge < -0.3 is 4.42 Å². The van der Waals surface area contributed by atoms with Gasteiger partial charge in [-0.05, 0) is 70.5 Å². The van der Waals surface area contributed by atoms with E-state index in [1.54, 1.807) is 6.26 Å². The molecule has 0 aliphatic carbocycles. The first-order chi connectivity index (χ1) is 14.6. The zero-order valence-electron chi connectivity index (χ0n) is 19.1. The smallest absolute Gasteiger partial charge is 0.134 e. The summed E-state index contributed by atoms with van der Waals surface area (Å²) in [6.45, 7) is 13.2. The Kier molecular flexibility index (Phi) is 5.26. The Hall–Kier alpha value is -3.27. The number of nitrogens with zero attached hydrogens (tertiary/aromatic N) is 3. The number of furan rings is 1. The minimum Gasteiger partial charge on any atom is -0.464 e. The lowest BCUT2D eigenvalue weighted by molar-refractivity contribution is 0.582. The molecule has 0 N–H and O–H groups in total. The molecule has 0 radical (unpaired) electrons. The number of pyridine rings is 3. The van der Waals surface area contributed by atoms with Crippen LogP contribution in [0.2, 0.25) is 0 Å². The van der Waals surface area contributed by atoms with Gasteiger partial charge in [-0.15, -0.1) is 0 Å². The summed E-state index contributed by atoms with van der Waals surface area (Å²) in [5.41, 5.74) is 6.74. The Labute approximate surface area is 184 Å². The zero-order valence-corrected chi connectivity index (χ0v) is 19.1. The van der Waals surface area contributed by atoms with E-state index in [9.17, 15) is 0 Å². The van der Waals surface area contributed by atoms with Gasteiger partial charge in [0.25, 0.3) is 0 Å². The molecule has 0 bridgehead atoms. The summed E-state index contributed by atoms with van der Waals surface area (Å²) >= 11 is 0. The fraction of sp³-hybridized carbons (Fsp3) is 0.296. The van der Waals surface area contributed by atoms with Crippen molar-refractivity contribution in [3.63, 3.8) is 0 Å². The molecule has 4 aromatic rings. The molecule has 4 heterocycles. The Morgan fingerprint density at radius 2 is 1.16 bits per heavy atom. The second kappa shape index (κ2) is 7.77. The average Bonchev–Trinajstić information content (AvgIpc) is 3.27. The van der Waals surface area contributed by atoms with Gasteiger partial charge >= 0.3 is 0 Å². The van der Waals surface area contributed by atoms with Gasteiger partial charge in [-0.1, -0.05) is 41.5 Å². The molecule has 4 rings (SSSR count). The van der Waals surface area contributed by atoms with Crippen molar-refractivity contribution >= 4 is 0 Å². The molecule has 4 heteroatoms. The summed E-state index contributed by atoms with van der Waals surface area (Å²) in [5, 5.41) is 0. The highest BCUT2D eigenvalue weighted by molar-refractivity contribution is 5.72. The van der Waals surface area contributed by atoms with Gasteiger partial charge in [-0.25, -0.2) is 4.98 Å². The van der Waals surface area contributed by atoms with Crippen molar-refractivity contribution < 1.29 is 4.42 Å². The third-order valence-electron chi connectivity index (χ3n) is 5.41. The number of hydrogen-bond donors (Lipinski definition) is 0. The molecule has 4 nitrogen and oxygen atoms in total. The van der Waals surface area contributed by atoms with E-state index in [0.717, 1.165) is 34.1 Å². The monoisotopic (exact) mass is 411 g/mol. The minimum absolute atomic E-state index is 0.0295. The first kappa shape index (κ1) is 21.0. The topological polar surface area (TPSA) is 51.8 Å². The summed E-state index contributed by atoms with van der Waals surface area (Å²) < 4.78 is 5.69. The predicted molar refractivity (Wildman–Crippen MR) is 126 cm³/mol. The summed E-state index contributed by atoms with van der Waals surface area (Å²) in [4.78, 5) is 14.2. The highest BCUT2D eigenvalue weighted by Gasteiger charge is 2.18. The van der Waals surface area contributed by atoms with E-state index in [4.69, 9.17) is 9.40 Å². The molecule has 0 fully saturated rings. The third kappa shape index (κ3) is 4.58. The first-order valence-corrected chi connectivity index (χ1v) is 10.6. The van der Waals surface area contributed by atoms with Crippen LogP contribution < -0.4 is 0 Å². The van der Waals surface area contributed by atoms with E-state index < -0.39 is 0 Å². The minimum atomic E-state index is 0.0295. The number of rotatable bonds is 3. The van der Waals surface area contributed by atoms with Crippen LogP contribution in [-0.4, -0.2) is 15.0 Å². The van der Waals surface area contributed by atoms with Crippen LogP contribution in [0.1, 0.15) is 52.7 Å². The quantitative estimate of drug-likeness (QED) is 0.362. The standard InChI is InChI=1S/C27H29N3O/c1-26(2,3)19-9-11-28-21(16-19)23-14-18(25-8-7-13-31-25)15-24(30-23)22-17-20(10-12-29-22)27(4,5)6/h7-17H,1-6H3. The molecule has 0 saturated heterocycles. The van der Waals surface area contributed by atoms with E-state index in [2.05, 4.69) is 75.8 Å². The first-order valence-electron chi connectivity index (χ1n) is 10.6. The Balaban J connectivity index is 1.89. The summed E-state index contributed by atoms with van der Waals surface area (Å²) in [6.07, 6.45) is 5.40. The summed E-state index contributed by atoms with van der Waals surface area (Å²) in [6, 6.07) is 16.3. The van der Waals surface area contributed by atoms with E-state index in [1.807, 2.05) is 36.7 Å². The van der Waals surface area contributed by atoms with E-state index in [0.29, 0.717) is 0 Å². The van der Waals surface area contributed by atoms with Gasteiger partial charge in [0, 0.05) is 18.0 Å². The molecular formula is C27H29N3O. The van der Waals surface area contributed by atoms with Crippen LogP contribution in [0.25, 0.3) is 34.1 Å². The number of aromatic nitrogens is 3. The summed E-state index contributed by atoms with van der Waals surface area (Å²) in [5.74, 6) is 0.795.